The Bertz CT molecular complexity index is 1200. The van der Waals surface area contributed by atoms with Gasteiger partial charge in [0.05, 0.1) is 18.2 Å². The van der Waals surface area contributed by atoms with Crippen molar-refractivity contribution in [2.24, 2.45) is 7.05 Å². The first kappa shape index (κ1) is 24.6. The second-order valence-corrected chi connectivity index (χ2v) is 10.8. The standard InChI is InChI=1S/C27H37N6/c1-11-20-19(15-28)13-18(14-21(20)22-17(3)16-32(10)33(22)12-2)23-29-24(26(4,5)6)31-25(30-23)27(7,8)9/h13-14,16H,11-12H2,1-10H3/q+1. The molecule has 0 aliphatic heterocycles. The third kappa shape index (κ3) is 4.68. The lowest BCUT2D eigenvalue weighted by atomic mass is 9.91. The van der Waals surface area contributed by atoms with Crippen LogP contribution in [0, 0.1) is 18.3 Å². The maximum Gasteiger partial charge on any atom is 0.198 e. The molecular weight excluding hydrogens is 408 g/mol. The lowest BCUT2D eigenvalue weighted by molar-refractivity contribution is -0.752. The third-order valence-electron chi connectivity index (χ3n) is 5.91. The van der Waals surface area contributed by atoms with E-state index < -0.39 is 0 Å². The highest BCUT2D eigenvalue weighted by atomic mass is 15.4. The van der Waals surface area contributed by atoms with Crippen LogP contribution in [0.25, 0.3) is 22.6 Å². The summed E-state index contributed by atoms with van der Waals surface area (Å²) in [6, 6.07) is 6.52. The van der Waals surface area contributed by atoms with Crippen molar-refractivity contribution in [1.29, 1.82) is 5.26 Å². The Morgan fingerprint density at radius 3 is 2.00 bits per heavy atom. The van der Waals surface area contributed by atoms with E-state index in [9.17, 15) is 5.26 Å². The molecule has 6 nitrogen and oxygen atoms in total. The molecule has 3 aromatic rings. The van der Waals surface area contributed by atoms with E-state index >= 15 is 0 Å². The topological polar surface area (TPSA) is 71.3 Å². The van der Waals surface area contributed by atoms with Crippen LogP contribution < -0.4 is 4.68 Å². The zero-order valence-electron chi connectivity index (χ0n) is 21.8. The minimum Gasteiger partial charge on any atom is -0.217 e. The summed E-state index contributed by atoms with van der Waals surface area (Å²) >= 11 is 0. The molecule has 0 amide bonds. The predicted molar refractivity (Wildman–Crippen MR) is 132 cm³/mol. The highest BCUT2D eigenvalue weighted by Gasteiger charge is 2.27. The highest BCUT2D eigenvalue weighted by Crippen LogP contribution is 2.34. The molecule has 6 heteroatoms. The van der Waals surface area contributed by atoms with Gasteiger partial charge in [0.15, 0.2) is 19.1 Å². The zero-order chi connectivity index (χ0) is 24.7. The number of hydrogen-bond acceptors (Lipinski definition) is 4. The molecule has 0 atom stereocenters. The van der Waals surface area contributed by atoms with Gasteiger partial charge in [-0.25, -0.2) is 15.0 Å². The normalized spacial score (nSPS) is 12.2. The van der Waals surface area contributed by atoms with E-state index in [4.69, 9.17) is 15.0 Å². The van der Waals surface area contributed by atoms with Gasteiger partial charge in [-0.15, -0.1) is 4.68 Å². The maximum absolute atomic E-state index is 10.0. The molecule has 0 unspecified atom stereocenters. The van der Waals surface area contributed by atoms with E-state index in [2.05, 4.69) is 97.1 Å². The average molecular weight is 446 g/mol. The van der Waals surface area contributed by atoms with Crippen molar-refractivity contribution in [2.75, 3.05) is 0 Å². The molecule has 2 aromatic heterocycles. The molecule has 0 saturated heterocycles. The first-order valence-electron chi connectivity index (χ1n) is 11.7. The molecule has 1 aromatic carbocycles. The van der Waals surface area contributed by atoms with Crippen LogP contribution in [-0.2, 0) is 30.8 Å². The van der Waals surface area contributed by atoms with E-state index in [1.807, 2.05) is 6.07 Å². The number of nitriles is 1. The Hall–Kier alpha value is -3.07. The molecule has 2 heterocycles. The zero-order valence-corrected chi connectivity index (χ0v) is 21.8. The number of rotatable bonds is 4. The minimum atomic E-state index is -0.219. The number of nitrogens with zero attached hydrogens (tertiary/aromatic N) is 6. The van der Waals surface area contributed by atoms with Crippen LogP contribution in [0.5, 0.6) is 0 Å². The SMILES string of the molecule is CCc1c(C#N)cc(-c2nc(C(C)(C)C)nc(C(C)(C)C)n2)cc1-c1c(C)c[n+](C)n1CC. The Balaban J connectivity index is 2.39. The fourth-order valence-corrected chi connectivity index (χ4v) is 4.17. The second-order valence-electron chi connectivity index (χ2n) is 10.8. The fourth-order valence-electron chi connectivity index (χ4n) is 4.17. The van der Waals surface area contributed by atoms with Gasteiger partial charge < -0.3 is 0 Å². The van der Waals surface area contributed by atoms with E-state index in [-0.39, 0.29) is 10.8 Å². The molecule has 0 radical (unpaired) electrons. The van der Waals surface area contributed by atoms with Gasteiger partial charge in [0.2, 0.25) is 0 Å². The third-order valence-corrected chi connectivity index (χ3v) is 5.91. The summed E-state index contributed by atoms with van der Waals surface area (Å²) in [7, 11) is 2.05. The molecule has 33 heavy (non-hydrogen) atoms. The van der Waals surface area contributed by atoms with Crippen molar-refractivity contribution in [2.45, 2.75) is 86.1 Å². The maximum atomic E-state index is 10.0. The Kier molecular flexibility index (Phi) is 6.48. The van der Waals surface area contributed by atoms with Gasteiger partial charge in [-0.05, 0) is 38.0 Å². The van der Waals surface area contributed by atoms with Crippen molar-refractivity contribution >= 4 is 0 Å². The van der Waals surface area contributed by atoms with E-state index in [0.717, 1.165) is 47.0 Å². The monoisotopic (exact) mass is 445 g/mol. The van der Waals surface area contributed by atoms with Crippen LogP contribution in [0.15, 0.2) is 18.3 Å². The number of aryl methyl sites for hydroxylation is 2. The van der Waals surface area contributed by atoms with Gasteiger partial charge >= 0.3 is 0 Å². The van der Waals surface area contributed by atoms with Crippen molar-refractivity contribution in [1.82, 2.24) is 19.6 Å². The predicted octanol–water partition coefficient (Wildman–Crippen LogP) is 5.19. The average Bonchev–Trinajstić information content (AvgIpc) is 3.03. The summed E-state index contributed by atoms with van der Waals surface area (Å²) in [5.41, 5.74) is 5.52. The summed E-state index contributed by atoms with van der Waals surface area (Å²) in [6.07, 6.45) is 2.91. The largest absolute Gasteiger partial charge is 0.217 e. The van der Waals surface area contributed by atoms with Crippen molar-refractivity contribution in [3.05, 3.63) is 46.7 Å². The van der Waals surface area contributed by atoms with Crippen LogP contribution in [0.1, 0.15) is 83.7 Å². The minimum absolute atomic E-state index is 0.219. The molecule has 0 aliphatic rings. The van der Waals surface area contributed by atoms with Crippen LogP contribution in [0.2, 0.25) is 0 Å². The van der Waals surface area contributed by atoms with Gasteiger partial charge in [-0.3, -0.25) is 0 Å². The van der Waals surface area contributed by atoms with Gasteiger partial charge in [-0.1, -0.05) is 48.5 Å². The van der Waals surface area contributed by atoms with Crippen molar-refractivity contribution < 1.29 is 4.68 Å². The highest BCUT2D eigenvalue weighted by molar-refractivity contribution is 5.76. The van der Waals surface area contributed by atoms with Crippen molar-refractivity contribution in [3.8, 4) is 28.7 Å². The van der Waals surface area contributed by atoms with Crippen LogP contribution >= 0.6 is 0 Å². The lowest BCUT2D eigenvalue weighted by Gasteiger charge is -2.23. The summed E-state index contributed by atoms with van der Waals surface area (Å²) in [5.74, 6) is 2.14. The van der Waals surface area contributed by atoms with Crippen LogP contribution in [0.3, 0.4) is 0 Å². The Labute approximate surface area is 198 Å². The fraction of sp³-hybridized carbons (Fsp3) is 0.519. The van der Waals surface area contributed by atoms with Gasteiger partial charge in [0, 0.05) is 27.5 Å². The molecule has 0 fully saturated rings. The molecule has 0 saturated carbocycles. The summed E-state index contributed by atoms with van der Waals surface area (Å²) in [6.45, 7) is 19.9. The van der Waals surface area contributed by atoms with E-state index in [0.29, 0.717) is 11.4 Å². The van der Waals surface area contributed by atoms with Gasteiger partial charge in [0.1, 0.15) is 17.3 Å². The number of aromatic nitrogens is 5. The number of hydrogen-bond donors (Lipinski definition) is 0. The quantitative estimate of drug-likeness (QED) is 0.518. The molecule has 0 bridgehead atoms. The summed E-state index contributed by atoms with van der Waals surface area (Å²) in [4.78, 5) is 14.6. The molecule has 0 N–H and O–H groups in total. The summed E-state index contributed by atoms with van der Waals surface area (Å²) < 4.78 is 4.35. The molecule has 0 aliphatic carbocycles. The lowest BCUT2D eigenvalue weighted by Crippen LogP contribution is -2.38. The first-order valence-corrected chi connectivity index (χ1v) is 11.7. The number of benzene rings is 1. The molecule has 0 spiro atoms. The van der Waals surface area contributed by atoms with Crippen LogP contribution in [0.4, 0.5) is 0 Å². The smallest absolute Gasteiger partial charge is 0.198 e. The van der Waals surface area contributed by atoms with Crippen molar-refractivity contribution in [3.63, 3.8) is 0 Å². The molecule has 174 valence electrons. The van der Waals surface area contributed by atoms with E-state index in [1.165, 1.54) is 5.56 Å². The second kappa shape index (κ2) is 8.70. The van der Waals surface area contributed by atoms with Gasteiger partial charge in [0.25, 0.3) is 0 Å². The summed E-state index contributed by atoms with van der Waals surface area (Å²) in [5, 5.41) is 10.0. The molecule has 3 rings (SSSR count). The van der Waals surface area contributed by atoms with Crippen LogP contribution in [-0.4, -0.2) is 19.6 Å². The molecular formula is C27H37N6+. The Morgan fingerprint density at radius 1 is 0.970 bits per heavy atom. The van der Waals surface area contributed by atoms with E-state index in [1.54, 1.807) is 0 Å². The first-order chi connectivity index (χ1) is 15.3. The van der Waals surface area contributed by atoms with Gasteiger partial charge in [-0.2, -0.15) is 9.94 Å². The Morgan fingerprint density at radius 2 is 1.55 bits per heavy atom.